The Bertz CT molecular complexity index is 1620. The van der Waals surface area contributed by atoms with Gasteiger partial charge in [0.1, 0.15) is 11.9 Å². The smallest absolute Gasteiger partial charge is 0.309 e. The number of nitrogens with zero attached hydrogens (tertiary/aromatic N) is 2. The highest BCUT2D eigenvalue weighted by molar-refractivity contribution is 6.30. The number of hydrogen-bond acceptors (Lipinski definition) is 8. The van der Waals surface area contributed by atoms with Crippen molar-refractivity contribution < 1.29 is 29.3 Å². The predicted octanol–water partition coefficient (Wildman–Crippen LogP) is 7.97. The minimum absolute atomic E-state index is 0.0341. The maximum Gasteiger partial charge on any atom is 0.309 e. The molecule has 0 spiro atoms. The molecule has 0 aliphatic heterocycles. The molecule has 9 atom stereocenters. The minimum Gasteiger partial charge on any atom is -0.481 e. The Hall–Kier alpha value is -2.36. The Labute approximate surface area is 315 Å². The van der Waals surface area contributed by atoms with Crippen LogP contribution in [-0.4, -0.2) is 56.7 Å². The second-order valence-corrected chi connectivity index (χ2v) is 20.0. The summed E-state index contributed by atoms with van der Waals surface area (Å²) in [7, 11) is 0. The number of carbonyl (C=O) groups excluding carboxylic acids is 2. The Morgan fingerprint density at radius 1 is 0.981 bits per heavy atom. The normalized spacial score (nSPS) is 37.5. The van der Waals surface area contributed by atoms with Crippen LogP contribution in [0.5, 0.6) is 0 Å². The summed E-state index contributed by atoms with van der Waals surface area (Å²) in [5.74, 6) is 0.541. The molecule has 5 aliphatic carbocycles. The molecule has 6 rings (SSSR count). The lowest BCUT2D eigenvalue weighted by Crippen LogP contribution is -2.66. The van der Waals surface area contributed by atoms with Gasteiger partial charge < -0.3 is 20.3 Å². The number of halogens is 1. The number of aliphatic hydroxyl groups is 1. The number of ketones is 1. The number of fused-ring (bicyclic) bond motifs is 7. The number of aliphatic carboxylic acids is 1. The Balaban J connectivity index is 1.26. The van der Waals surface area contributed by atoms with Crippen molar-refractivity contribution in [3.05, 3.63) is 34.4 Å². The van der Waals surface area contributed by atoms with Crippen LogP contribution in [0.15, 0.2) is 23.5 Å². The SMILES string of the molecule is CC(C)C1=C2[C@H]3CC[C@@H]4[C@@]5(C)CC[C@H](OC(=O)CC(C)(C)C(=O)O)C(C)(C)[C@@H]5CC[C@@]4(C)[C@]3(C)CC[C@@]2([C@@H](O)CNCc2ncc(Cl)cn2)CC1=O. The number of carbonyl (C=O) groups is 3. The van der Waals surface area contributed by atoms with Crippen LogP contribution in [0.1, 0.15) is 132 Å². The summed E-state index contributed by atoms with van der Waals surface area (Å²) in [5, 5.41) is 25.6. The van der Waals surface area contributed by atoms with Crippen molar-refractivity contribution >= 4 is 29.3 Å². The molecule has 0 saturated heterocycles. The molecule has 10 heteroatoms. The molecule has 0 radical (unpaired) electrons. The third kappa shape index (κ3) is 6.07. The van der Waals surface area contributed by atoms with Crippen LogP contribution in [0.4, 0.5) is 0 Å². The van der Waals surface area contributed by atoms with Crippen molar-refractivity contribution in [3.63, 3.8) is 0 Å². The standard InChI is InChI=1S/C42H62ClN3O6/c1-24(2)34-27(47)18-42(30(48)22-44-23-32-45-20-25(43)21-46-32)17-16-40(8)26(35(34)42)10-11-29-39(7)14-13-31(52-33(49)19-37(3,4)36(50)51)38(5,6)28(39)12-15-41(29,40)9/h20-21,24,26,28-31,44,48H,10-19,22-23H2,1-9H3,(H,50,51)/t26-,28+,29-,30+,31+,39+,40-,41-,42+/m1/s1. The van der Waals surface area contributed by atoms with Gasteiger partial charge in [-0.2, -0.15) is 0 Å². The van der Waals surface area contributed by atoms with E-state index in [1.165, 1.54) is 5.57 Å². The molecule has 9 nitrogen and oxygen atoms in total. The van der Waals surface area contributed by atoms with Gasteiger partial charge in [0.15, 0.2) is 5.78 Å². The first-order chi connectivity index (χ1) is 24.1. The molecular weight excluding hydrogens is 678 g/mol. The van der Waals surface area contributed by atoms with Gasteiger partial charge in [0.05, 0.1) is 29.5 Å². The molecule has 0 amide bonds. The highest BCUT2D eigenvalue weighted by Crippen LogP contribution is 2.77. The first kappa shape index (κ1) is 39.3. The molecule has 0 unspecified atom stereocenters. The van der Waals surface area contributed by atoms with Crippen LogP contribution in [0.2, 0.25) is 5.02 Å². The van der Waals surface area contributed by atoms with Gasteiger partial charge in [0, 0.05) is 36.2 Å². The van der Waals surface area contributed by atoms with E-state index in [1.807, 2.05) is 0 Å². The first-order valence-corrected chi connectivity index (χ1v) is 20.1. The number of carboxylic acids is 1. The van der Waals surface area contributed by atoms with Crippen LogP contribution >= 0.6 is 11.6 Å². The van der Waals surface area contributed by atoms with Crippen molar-refractivity contribution in [3.8, 4) is 0 Å². The zero-order chi connectivity index (χ0) is 38.2. The zero-order valence-electron chi connectivity index (χ0n) is 32.9. The van der Waals surface area contributed by atoms with E-state index in [0.717, 1.165) is 56.9 Å². The Kier molecular flexibility index (Phi) is 10.2. The fourth-order valence-corrected chi connectivity index (χ4v) is 13.0. The molecule has 5 aliphatic rings. The van der Waals surface area contributed by atoms with Gasteiger partial charge >= 0.3 is 11.9 Å². The molecule has 0 aromatic carbocycles. The van der Waals surface area contributed by atoms with Gasteiger partial charge in [-0.3, -0.25) is 14.4 Å². The summed E-state index contributed by atoms with van der Waals surface area (Å²) in [4.78, 5) is 47.4. The third-order valence-corrected chi connectivity index (χ3v) is 16.0. The van der Waals surface area contributed by atoms with E-state index >= 15 is 0 Å². The van der Waals surface area contributed by atoms with E-state index in [4.69, 9.17) is 16.3 Å². The van der Waals surface area contributed by atoms with Gasteiger partial charge in [0.25, 0.3) is 0 Å². The molecule has 1 aromatic rings. The molecule has 1 aromatic heterocycles. The van der Waals surface area contributed by atoms with E-state index in [9.17, 15) is 24.6 Å². The average Bonchev–Trinajstić information content (AvgIpc) is 3.36. The van der Waals surface area contributed by atoms with E-state index in [1.54, 1.807) is 26.2 Å². The summed E-state index contributed by atoms with van der Waals surface area (Å²) in [6, 6.07) is 0. The highest BCUT2D eigenvalue weighted by atomic mass is 35.5. The van der Waals surface area contributed by atoms with Crippen molar-refractivity contribution in [1.29, 1.82) is 0 Å². The van der Waals surface area contributed by atoms with Crippen LogP contribution in [0, 0.1) is 56.2 Å². The molecule has 3 N–H and O–H groups in total. The van der Waals surface area contributed by atoms with Crippen LogP contribution in [-0.2, 0) is 25.7 Å². The molecule has 4 fully saturated rings. The second-order valence-electron chi connectivity index (χ2n) is 19.5. The molecule has 288 valence electrons. The van der Waals surface area contributed by atoms with E-state index in [-0.39, 0.29) is 51.8 Å². The fourth-order valence-electron chi connectivity index (χ4n) is 12.9. The number of hydrogen-bond donors (Lipinski definition) is 3. The number of Topliss-reactive ketones (excluding diaryl/α,β-unsaturated/α-hetero) is 1. The molecule has 4 saturated carbocycles. The number of esters is 1. The second kappa shape index (κ2) is 13.4. The topological polar surface area (TPSA) is 139 Å². The Morgan fingerprint density at radius 3 is 2.29 bits per heavy atom. The average molecular weight is 740 g/mol. The first-order valence-electron chi connectivity index (χ1n) is 19.7. The van der Waals surface area contributed by atoms with Gasteiger partial charge in [0.2, 0.25) is 0 Å². The number of nitrogens with one attached hydrogen (secondary N) is 1. The maximum absolute atomic E-state index is 14.0. The number of carboxylic acid groups (broad SMARTS) is 1. The number of allylic oxidation sites excluding steroid dienone is 1. The molecule has 52 heavy (non-hydrogen) atoms. The number of aliphatic hydroxyl groups excluding tert-OH is 1. The predicted molar refractivity (Wildman–Crippen MR) is 200 cm³/mol. The van der Waals surface area contributed by atoms with Gasteiger partial charge in [-0.1, -0.05) is 65.6 Å². The number of rotatable bonds is 10. The molecular formula is C42H62ClN3O6. The fraction of sp³-hybridized carbons (Fsp3) is 0.786. The summed E-state index contributed by atoms with van der Waals surface area (Å²) < 4.78 is 6.16. The van der Waals surface area contributed by atoms with Crippen molar-refractivity contribution in [2.24, 2.45) is 56.2 Å². The molecule has 0 bridgehead atoms. The monoisotopic (exact) mass is 739 g/mol. The highest BCUT2D eigenvalue weighted by Gasteiger charge is 2.70. The lowest BCUT2D eigenvalue weighted by Gasteiger charge is -2.72. The number of ether oxygens (including phenoxy) is 1. The van der Waals surface area contributed by atoms with Crippen LogP contribution in [0.25, 0.3) is 0 Å². The summed E-state index contributed by atoms with van der Waals surface area (Å²) >= 11 is 5.98. The van der Waals surface area contributed by atoms with E-state index in [2.05, 4.69) is 63.8 Å². The lowest BCUT2D eigenvalue weighted by molar-refractivity contribution is -0.235. The quantitative estimate of drug-likeness (QED) is 0.204. The van der Waals surface area contributed by atoms with Gasteiger partial charge in [-0.25, -0.2) is 9.97 Å². The Morgan fingerprint density at radius 2 is 1.65 bits per heavy atom. The summed E-state index contributed by atoms with van der Waals surface area (Å²) in [6.45, 7) is 20.3. The van der Waals surface area contributed by atoms with E-state index in [0.29, 0.717) is 42.2 Å². The number of aromatic nitrogens is 2. The molecule has 1 heterocycles. The van der Waals surface area contributed by atoms with E-state index < -0.39 is 28.9 Å². The third-order valence-electron chi connectivity index (χ3n) is 15.8. The lowest BCUT2D eigenvalue weighted by atomic mass is 9.33. The van der Waals surface area contributed by atoms with Crippen molar-refractivity contribution in [2.45, 2.75) is 145 Å². The van der Waals surface area contributed by atoms with Crippen LogP contribution < -0.4 is 5.32 Å². The summed E-state index contributed by atoms with van der Waals surface area (Å²) in [6.07, 6.45) is 10.1. The zero-order valence-corrected chi connectivity index (χ0v) is 33.7. The van der Waals surface area contributed by atoms with Crippen molar-refractivity contribution in [2.75, 3.05) is 6.54 Å². The minimum atomic E-state index is -1.17. The van der Waals surface area contributed by atoms with Gasteiger partial charge in [-0.05, 0) is 111 Å². The van der Waals surface area contributed by atoms with Crippen LogP contribution in [0.3, 0.4) is 0 Å². The summed E-state index contributed by atoms with van der Waals surface area (Å²) in [5.41, 5.74) is 0.279. The van der Waals surface area contributed by atoms with Crippen molar-refractivity contribution in [1.82, 2.24) is 15.3 Å². The largest absolute Gasteiger partial charge is 0.481 e. The maximum atomic E-state index is 14.0. The van der Waals surface area contributed by atoms with Gasteiger partial charge in [-0.15, -0.1) is 0 Å².